The lowest BCUT2D eigenvalue weighted by Crippen LogP contribution is -2.29. The fraction of sp³-hybridized carbons (Fsp3) is 0.583. The summed E-state index contributed by atoms with van der Waals surface area (Å²) < 4.78 is 7.56. The van der Waals surface area contributed by atoms with Gasteiger partial charge in [0, 0.05) is 39.1 Å². The number of imidazole rings is 1. The van der Waals surface area contributed by atoms with Crippen LogP contribution in [0.2, 0.25) is 0 Å². The number of hydrogen-bond donors (Lipinski definition) is 1. The number of hydrogen-bond acceptors (Lipinski definition) is 5. The lowest BCUT2D eigenvalue weighted by Gasteiger charge is -2.22. The predicted octanol–water partition coefficient (Wildman–Crippen LogP) is 0.463. The third kappa shape index (κ3) is 2.66. The van der Waals surface area contributed by atoms with E-state index >= 15 is 0 Å². The maximum Gasteiger partial charge on any atom is 0.141 e. The number of rotatable bonds is 5. The van der Waals surface area contributed by atoms with Crippen molar-refractivity contribution in [3.63, 3.8) is 0 Å². The van der Waals surface area contributed by atoms with Crippen molar-refractivity contribution < 1.29 is 4.74 Å². The van der Waals surface area contributed by atoms with Crippen LogP contribution in [0.15, 0.2) is 25.0 Å². The second kappa shape index (κ2) is 5.50. The molecule has 3 rings (SSSR count). The Balaban J connectivity index is 1.67. The Morgan fingerprint density at radius 3 is 3.11 bits per heavy atom. The van der Waals surface area contributed by atoms with E-state index in [0.29, 0.717) is 0 Å². The van der Waals surface area contributed by atoms with E-state index in [0.717, 1.165) is 31.9 Å². The molecule has 1 aliphatic rings. The van der Waals surface area contributed by atoms with Crippen LogP contribution in [-0.2, 0) is 11.3 Å². The fourth-order valence-corrected chi connectivity index (χ4v) is 2.60. The van der Waals surface area contributed by atoms with E-state index in [-0.39, 0.29) is 12.1 Å². The first kappa shape index (κ1) is 12.3. The molecule has 19 heavy (non-hydrogen) atoms. The molecular formula is C12H18N6O. The first-order valence-corrected chi connectivity index (χ1v) is 6.44. The van der Waals surface area contributed by atoms with Gasteiger partial charge in [-0.25, -0.2) is 9.97 Å². The van der Waals surface area contributed by atoms with Gasteiger partial charge in [0.1, 0.15) is 12.2 Å². The van der Waals surface area contributed by atoms with E-state index in [1.807, 2.05) is 12.5 Å². The molecule has 1 saturated heterocycles. The van der Waals surface area contributed by atoms with Crippen LogP contribution in [0, 0.1) is 0 Å². The van der Waals surface area contributed by atoms with E-state index in [9.17, 15) is 0 Å². The van der Waals surface area contributed by atoms with Gasteiger partial charge < -0.3 is 9.30 Å². The molecule has 0 bridgehead atoms. The Hall–Kier alpha value is -1.73. The molecule has 0 aliphatic carbocycles. The van der Waals surface area contributed by atoms with Gasteiger partial charge in [0.25, 0.3) is 0 Å². The first-order chi connectivity index (χ1) is 9.36. The number of methoxy groups -OCH3 is 1. The molecule has 7 nitrogen and oxygen atoms in total. The number of aromatic nitrogens is 5. The van der Waals surface area contributed by atoms with E-state index in [4.69, 9.17) is 4.74 Å². The highest BCUT2D eigenvalue weighted by Crippen LogP contribution is 2.30. The highest BCUT2D eigenvalue weighted by atomic mass is 16.5. The largest absolute Gasteiger partial charge is 0.380 e. The molecule has 0 unspecified atom stereocenters. The number of ether oxygens (including phenoxy) is 1. The standard InChI is InChI=1S/C12H18N6O/c1-19-10-6-11(12-14-8-15-16-12)18(7-10)5-4-17-3-2-13-9-17/h2-3,8-11H,4-7H2,1H3,(H,14,15,16)/t10-,11+/m1/s1. The van der Waals surface area contributed by atoms with Gasteiger partial charge in [-0.1, -0.05) is 0 Å². The third-order valence-corrected chi connectivity index (χ3v) is 3.65. The minimum atomic E-state index is 0.260. The summed E-state index contributed by atoms with van der Waals surface area (Å²) >= 11 is 0. The van der Waals surface area contributed by atoms with Crippen LogP contribution >= 0.6 is 0 Å². The van der Waals surface area contributed by atoms with E-state index < -0.39 is 0 Å². The minimum absolute atomic E-state index is 0.260. The minimum Gasteiger partial charge on any atom is -0.380 e. The molecule has 2 aromatic heterocycles. The van der Waals surface area contributed by atoms with E-state index in [1.165, 1.54) is 0 Å². The molecule has 1 fully saturated rings. The van der Waals surface area contributed by atoms with Gasteiger partial charge in [0.05, 0.1) is 18.5 Å². The third-order valence-electron chi connectivity index (χ3n) is 3.65. The lowest BCUT2D eigenvalue weighted by molar-refractivity contribution is 0.107. The molecule has 2 atom stereocenters. The molecular weight excluding hydrogens is 244 g/mol. The van der Waals surface area contributed by atoms with Gasteiger partial charge in [-0.05, 0) is 6.42 Å². The number of nitrogens with one attached hydrogen (secondary N) is 1. The smallest absolute Gasteiger partial charge is 0.141 e. The van der Waals surface area contributed by atoms with Crippen LogP contribution in [0.4, 0.5) is 0 Å². The van der Waals surface area contributed by atoms with Crippen molar-refractivity contribution in [2.24, 2.45) is 0 Å². The number of H-pyrrole nitrogens is 1. The SMILES string of the molecule is CO[C@@H]1C[C@@H](c2ncn[nH]2)N(CCn2ccnc2)C1. The summed E-state index contributed by atoms with van der Waals surface area (Å²) in [5.74, 6) is 0.921. The van der Waals surface area contributed by atoms with Crippen LogP contribution in [0.5, 0.6) is 0 Å². The summed E-state index contributed by atoms with van der Waals surface area (Å²) in [5.41, 5.74) is 0. The van der Waals surface area contributed by atoms with Crippen molar-refractivity contribution in [3.05, 3.63) is 30.9 Å². The Morgan fingerprint density at radius 1 is 1.47 bits per heavy atom. The Bertz CT molecular complexity index is 482. The lowest BCUT2D eigenvalue weighted by atomic mass is 10.2. The maximum atomic E-state index is 5.48. The normalized spacial score (nSPS) is 24.1. The summed E-state index contributed by atoms with van der Waals surface area (Å²) in [6.45, 7) is 2.79. The predicted molar refractivity (Wildman–Crippen MR) is 68.3 cm³/mol. The molecule has 1 aliphatic heterocycles. The molecule has 102 valence electrons. The van der Waals surface area contributed by atoms with Crippen LogP contribution in [0.25, 0.3) is 0 Å². The van der Waals surface area contributed by atoms with Crippen molar-refractivity contribution in [1.82, 2.24) is 29.6 Å². The summed E-state index contributed by atoms with van der Waals surface area (Å²) in [4.78, 5) is 10.7. The zero-order valence-electron chi connectivity index (χ0n) is 10.9. The topological polar surface area (TPSA) is 71.9 Å². The summed E-state index contributed by atoms with van der Waals surface area (Å²) in [7, 11) is 1.77. The van der Waals surface area contributed by atoms with Crippen LogP contribution in [0.1, 0.15) is 18.3 Å². The first-order valence-electron chi connectivity index (χ1n) is 6.44. The monoisotopic (exact) mass is 262 g/mol. The molecule has 0 spiro atoms. The molecule has 7 heteroatoms. The average Bonchev–Trinajstić information content (AvgIpc) is 3.16. The Kier molecular flexibility index (Phi) is 3.56. The van der Waals surface area contributed by atoms with Crippen molar-refractivity contribution >= 4 is 0 Å². The zero-order valence-corrected chi connectivity index (χ0v) is 10.9. The summed E-state index contributed by atoms with van der Waals surface area (Å²) in [6.07, 6.45) is 8.40. The van der Waals surface area contributed by atoms with Gasteiger partial charge >= 0.3 is 0 Å². The van der Waals surface area contributed by atoms with Crippen LogP contribution < -0.4 is 0 Å². The second-order valence-corrected chi connectivity index (χ2v) is 4.78. The fourth-order valence-electron chi connectivity index (χ4n) is 2.60. The zero-order chi connectivity index (χ0) is 13.1. The summed E-state index contributed by atoms with van der Waals surface area (Å²) in [5, 5.41) is 6.91. The van der Waals surface area contributed by atoms with Crippen molar-refractivity contribution in [2.45, 2.75) is 25.1 Å². The van der Waals surface area contributed by atoms with Crippen molar-refractivity contribution in [3.8, 4) is 0 Å². The molecule has 2 aromatic rings. The van der Waals surface area contributed by atoms with Gasteiger partial charge in [-0.3, -0.25) is 10.00 Å². The molecule has 0 aromatic carbocycles. The van der Waals surface area contributed by atoms with Crippen LogP contribution in [0.3, 0.4) is 0 Å². The van der Waals surface area contributed by atoms with Crippen molar-refractivity contribution in [2.75, 3.05) is 20.2 Å². The quantitative estimate of drug-likeness (QED) is 0.847. The van der Waals surface area contributed by atoms with Crippen molar-refractivity contribution in [1.29, 1.82) is 0 Å². The Morgan fingerprint density at radius 2 is 2.42 bits per heavy atom. The van der Waals surface area contributed by atoms with Crippen LogP contribution in [-0.4, -0.2) is 55.9 Å². The second-order valence-electron chi connectivity index (χ2n) is 4.78. The Labute approximate surface area is 111 Å². The molecule has 0 saturated carbocycles. The summed E-state index contributed by atoms with van der Waals surface area (Å²) in [6, 6.07) is 0.260. The highest BCUT2D eigenvalue weighted by molar-refractivity contribution is 4.99. The average molecular weight is 262 g/mol. The van der Waals surface area contributed by atoms with E-state index in [1.54, 1.807) is 19.6 Å². The molecule has 0 radical (unpaired) electrons. The van der Waals surface area contributed by atoms with Gasteiger partial charge in [-0.2, -0.15) is 5.10 Å². The van der Waals surface area contributed by atoms with Gasteiger partial charge in [0.2, 0.25) is 0 Å². The highest BCUT2D eigenvalue weighted by Gasteiger charge is 2.34. The van der Waals surface area contributed by atoms with Gasteiger partial charge in [-0.15, -0.1) is 0 Å². The molecule has 0 amide bonds. The maximum absolute atomic E-state index is 5.48. The van der Waals surface area contributed by atoms with E-state index in [2.05, 4.69) is 29.6 Å². The number of nitrogens with zero attached hydrogens (tertiary/aromatic N) is 5. The van der Waals surface area contributed by atoms with Gasteiger partial charge in [0.15, 0.2) is 0 Å². The number of aromatic amines is 1. The molecule has 1 N–H and O–H groups in total. The molecule has 3 heterocycles. The number of likely N-dealkylation sites (tertiary alicyclic amines) is 1.